The van der Waals surface area contributed by atoms with Crippen molar-refractivity contribution < 1.29 is 38.9 Å². The molecule has 0 spiro atoms. The van der Waals surface area contributed by atoms with Crippen LogP contribution in [0.2, 0.25) is 0 Å². The Labute approximate surface area is 254 Å². The third-order valence-corrected chi connectivity index (χ3v) is 8.93. The van der Waals surface area contributed by atoms with Gasteiger partial charge in [0.1, 0.15) is 11.5 Å². The maximum absolute atomic E-state index is 12.6. The molecular weight excluding hydrogens is 572 g/mol. The van der Waals surface area contributed by atoms with Crippen molar-refractivity contribution in [3.63, 3.8) is 0 Å². The Bertz CT molecular complexity index is 1530. The molecule has 2 aromatic carbocycles. The van der Waals surface area contributed by atoms with Gasteiger partial charge < -0.3 is 29.9 Å². The summed E-state index contributed by atoms with van der Waals surface area (Å²) in [6, 6.07) is 9.77. The molecule has 1 aliphatic heterocycles. The van der Waals surface area contributed by atoms with E-state index in [1.165, 1.54) is 25.2 Å². The van der Waals surface area contributed by atoms with Gasteiger partial charge >= 0.3 is 11.9 Å². The largest absolute Gasteiger partial charge is 0.496 e. The first kappa shape index (κ1) is 31.8. The summed E-state index contributed by atoms with van der Waals surface area (Å²) in [5, 5.41) is 22.7. The predicted molar refractivity (Wildman–Crippen MR) is 164 cm³/mol. The molecule has 0 radical (unpaired) electrons. The van der Waals surface area contributed by atoms with Crippen LogP contribution in [0.1, 0.15) is 65.9 Å². The number of nitrogens with one attached hydrogen (secondary N) is 1. The molecule has 0 bridgehead atoms. The van der Waals surface area contributed by atoms with Crippen LogP contribution < -0.4 is 14.8 Å². The monoisotopic (exact) mass is 610 g/mol. The summed E-state index contributed by atoms with van der Waals surface area (Å²) in [7, 11) is 3.24. The fourth-order valence-electron chi connectivity index (χ4n) is 5.16. The van der Waals surface area contributed by atoms with Crippen LogP contribution in [0.4, 0.5) is 5.69 Å². The molecule has 10 nitrogen and oxygen atoms in total. The number of unbranched alkanes of at least 4 members (excludes halogenated alkanes) is 1. The quantitative estimate of drug-likeness (QED) is 0.148. The average Bonchev–Trinajstić information content (AvgIpc) is 3.59. The van der Waals surface area contributed by atoms with Crippen LogP contribution in [-0.2, 0) is 33.9 Å². The number of rotatable bonds is 15. The van der Waals surface area contributed by atoms with E-state index in [2.05, 4.69) is 5.32 Å². The van der Waals surface area contributed by atoms with E-state index in [0.717, 1.165) is 57.5 Å². The minimum absolute atomic E-state index is 0.0267. The van der Waals surface area contributed by atoms with E-state index in [-0.39, 0.29) is 24.5 Å². The molecule has 1 aliphatic rings. The summed E-state index contributed by atoms with van der Waals surface area (Å²) in [6.45, 7) is 4.65. The number of amides is 1. The number of carboxylic acids is 2. The van der Waals surface area contributed by atoms with E-state index >= 15 is 0 Å². The van der Waals surface area contributed by atoms with Crippen LogP contribution >= 0.6 is 11.3 Å². The van der Waals surface area contributed by atoms with E-state index in [1.54, 1.807) is 19.1 Å². The highest BCUT2D eigenvalue weighted by Crippen LogP contribution is 2.35. The first-order valence-electron chi connectivity index (χ1n) is 14.3. The third kappa shape index (κ3) is 7.64. The molecule has 230 valence electrons. The average molecular weight is 611 g/mol. The molecule has 1 amide bonds. The van der Waals surface area contributed by atoms with Crippen LogP contribution in [0, 0.1) is 11.8 Å². The van der Waals surface area contributed by atoms with Crippen molar-refractivity contribution in [2.75, 3.05) is 26.1 Å². The number of hydrogen-bond acceptors (Lipinski definition) is 8. The van der Waals surface area contributed by atoms with Crippen molar-refractivity contribution in [2.24, 2.45) is 11.8 Å². The number of hydrogen-bond donors (Lipinski definition) is 3. The lowest BCUT2D eigenvalue weighted by molar-refractivity contribution is -0.145. The van der Waals surface area contributed by atoms with Gasteiger partial charge in [0.25, 0.3) is 0 Å². The Hall–Kier alpha value is -4.12. The lowest BCUT2D eigenvalue weighted by atomic mass is 10.0. The first-order chi connectivity index (χ1) is 20.5. The fraction of sp³-hybridized carbons (Fsp3) is 0.438. The fourth-order valence-corrected chi connectivity index (χ4v) is 6.18. The van der Waals surface area contributed by atoms with Crippen molar-refractivity contribution in [3.8, 4) is 11.5 Å². The Morgan fingerprint density at radius 1 is 0.884 bits per heavy atom. The van der Waals surface area contributed by atoms with Gasteiger partial charge in [-0.15, -0.1) is 11.3 Å². The zero-order chi connectivity index (χ0) is 31.3. The number of carboxylic acid groups (broad SMARTS) is 2. The number of anilines is 1. The number of ether oxygens (including phenoxy) is 2. The molecule has 0 saturated carbocycles. The third-order valence-electron chi connectivity index (χ3n) is 7.79. The van der Waals surface area contributed by atoms with Gasteiger partial charge in [0, 0.05) is 37.2 Å². The van der Waals surface area contributed by atoms with E-state index in [1.807, 2.05) is 30.3 Å². The first-order valence-corrected chi connectivity index (χ1v) is 15.1. The number of methoxy groups -OCH3 is 2. The molecule has 3 aromatic rings. The van der Waals surface area contributed by atoms with Crippen LogP contribution in [-0.4, -0.2) is 59.5 Å². The van der Waals surface area contributed by atoms with Crippen molar-refractivity contribution in [3.05, 3.63) is 51.9 Å². The number of carbonyl (C=O) groups excluding carboxylic acids is 2. The Morgan fingerprint density at radius 2 is 1.53 bits per heavy atom. The predicted octanol–water partition coefficient (Wildman–Crippen LogP) is 5.60. The highest BCUT2D eigenvalue weighted by atomic mass is 32.1. The number of nitrogens with zero attached hydrogens (tertiary/aromatic N) is 1. The minimum Gasteiger partial charge on any atom is -0.496 e. The van der Waals surface area contributed by atoms with Crippen LogP contribution in [0.3, 0.4) is 0 Å². The minimum atomic E-state index is -0.981. The van der Waals surface area contributed by atoms with E-state index in [4.69, 9.17) is 19.7 Å². The second kappa shape index (κ2) is 13.9. The summed E-state index contributed by atoms with van der Waals surface area (Å²) in [5.41, 5.74) is 3.91. The number of carbonyl (C=O) groups is 4. The smallest absolute Gasteiger partial charge is 0.306 e. The molecule has 2 atom stereocenters. The van der Waals surface area contributed by atoms with Gasteiger partial charge in [0.15, 0.2) is 5.78 Å². The number of aryl methyl sites for hydroxylation is 1. The molecule has 1 aromatic heterocycles. The molecule has 0 aliphatic carbocycles. The zero-order valence-corrected chi connectivity index (χ0v) is 25.7. The lowest BCUT2D eigenvalue weighted by Crippen LogP contribution is -2.28. The summed E-state index contributed by atoms with van der Waals surface area (Å²) >= 11 is 1.35. The highest BCUT2D eigenvalue weighted by molar-refractivity contribution is 7.20. The number of Topliss-reactive ketones (excluding diaryl/α,β-unsaturated/α-hetero) is 1. The summed E-state index contributed by atoms with van der Waals surface area (Å²) in [6.07, 6.45) is 2.48. The number of aliphatic carboxylic acids is 2. The number of benzene rings is 2. The van der Waals surface area contributed by atoms with Gasteiger partial charge in [-0.1, -0.05) is 13.8 Å². The maximum Gasteiger partial charge on any atom is 0.306 e. The SMILES string of the molecule is COc1cc2sc(C(=O)C[C@H](C)C(=O)O)cc2cc1CCCCNc1cc2c(cc1OC)CN(C(=O)C[C@H](C)C(=O)O)C2. The number of thiophene rings is 1. The summed E-state index contributed by atoms with van der Waals surface area (Å²) < 4.78 is 12.2. The van der Waals surface area contributed by atoms with Crippen LogP contribution in [0.5, 0.6) is 11.5 Å². The molecule has 2 heterocycles. The standard InChI is InChI=1S/C32H38N2O8S/c1-18(31(37)38)9-25(35)29-14-21-11-20(26(41-3)15-28(21)43-29)7-5-6-8-33-24-12-22-16-34(17-23(22)13-27(24)42-4)30(36)10-19(2)32(39)40/h11-15,18-19,33H,5-10,16-17H2,1-4H3,(H,37,38)(H,39,40)/t18-,19-/m0/s1. The summed E-state index contributed by atoms with van der Waals surface area (Å²) in [5.74, 6) is -2.30. The molecule has 11 heteroatoms. The van der Waals surface area contributed by atoms with E-state index in [0.29, 0.717) is 30.3 Å². The summed E-state index contributed by atoms with van der Waals surface area (Å²) in [4.78, 5) is 49.7. The Balaban J connectivity index is 1.34. The molecule has 0 saturated heterocycles. The van der Waals surface area contributed by atoms with Gasteiger partial charge in [0.2, 0.25) is 5.91 Å². The molecule has 43 heavy (non-hydrogen) atoms. The normalized spacial score (nSPS) is 13.8. The van der Waals surface area contributed by atoms with E-state index < -0.39 is 23.8 Å². The molecular formula is C32H38N2O8S. The topological polar surface area (TPSA) is 142 Å². The lowest BCUT2D eigenvalue weighted by Gasteiger charge is -2.16. The second-order valence-electron chi connectivity index (χ2n) is 11.1. The van der Waals surface area contributed by atoms with Gasteiger partial charge in [-0.3, -0.25) is 19.2 Å². The van der Waals surface area contributed by atoms with Gasteiger partial charge in [-0.25, -0.2) is 0 Å². The van der Waals surface area contributed by atoms with Crippen LogP contribution in [0.15, 0.2) is 30.3 Å². The Morgan fingerprint density at radius 3 is 2.19 bits per heavy atom. The van der Waals surface area contributed by atoms with Crippen molar-refractivity contribution in [1.29, 1.82) is 0 Å². The van der Waals surface area contributed by atoms with Gasteiger partial charge in [0.05, 0.1) is 36.6 Å². The van der Waals surface area contributed by atoms with Crippen molar-refractivity contribution >= 4 is 50.7 Å². The van der Waals surface area contributed by atoms with Gasteiger partial charge in [-0.2, -0.15) is 0 Å². The van der Waals surface area contributed by atoms with Crippen LogP contribution in [0.25, 0.3) is 10.1 Å². The Kier molecular flexibility index (Phi) is 10.3. The van der Waals surface area contributed by atoms with E-state index in [9.17, 15) is 19.2 Å². The molecule has 0 fully saturated rings. The number of fused-ring (bicyclic) bond motifs is 2. The molecule has 3 N–H and O–H groups in total. The highest BCUT2D eigenvalue weighted by Gasteiger charge is 2.27. The van der Waals surface area contributed by atoms with Gasteiger partial charge in [-0.05, 0) is 71.7 Å². The zero-order valence-electron chi connectivity index (χ0n) is 24.9. The second-order valence-corrected chi connectivity index (χ2v) is 12.2. The molecule has 0 unspecified atom stereocenters. The van der Waals surface area contributed by atoms with Crippen molar-refractivity contribution in [2.45, 2.75) is 59.0 Å². The maximum atomic E-state index is 12.6. The number of ketones is 1. The van der Waals surface area contributed by atoms with Crippen molar-refractivity contribution in [1.82, 2.24) is 4.90 Å². The molecule has 4 rings (SSSR count).